The molecule has 0 aliphatic carbocycles. The zero-order valence-corrected chi connectivity index (χ0v) is 9.31. The van der Waals surface area contributed by atoms with E-state index in [2.05, 4.69) is 0 Å². The highest BCUT2D eigenvalue weighted by Gasteiger charge is 2.31. The van der Waals surface area contributed by atoms with Crippen LogP contribution in [0.1, 0.15) is 15.9 Å². The Kier molecular flexibility index (Phi) is 2.83. The second-order valence-corrected chi connectivity index (χ2v) is 4.30. The molecule has 2 rings (SSSR count). The number of rotatable bonds is 2. The van der Waals surface area contributed by atoms with Crippen LogP contribution < -0.4 is 5.73 Å². The molecule has 1 aliphatic rings. The van der Waals surface area contributed by atoms with Gasteiger partial charge in [0.25, 0.3) is 5.91 Å². The molecular formula is C12H16N2O2. The molecule has 1 amide bonds. The van der Waals surface area contributed by atoms with Crippen LogP contribution in [-0.4, -0.2) is 35.6 Å². The molecule has 0 bridgehead atoms. The summed E-state index contributed by atoms with van der Waals surface area (Å²) in [4.78, 5) is 13.8. The van der Waals surface area contributed by atoms with E-state index in [9.17, 15) is 4.79 Å². The SMILES string of the molecule is Cc1cccc(N)c1C(=O)N1CC(CO)C1. The highest BCUT2D eigenvalue weighted by Crippen LogP contribution is 2.23. The maximum atomic E-state index is 12.1. The van der Waals surface area contributed by atoms with E-state index in [4.69, 9.17) is 10.8 Å². The highest BCUT2D eigenvalue weighted by atomic mass is 16.3. The molecule has 1 aromatic carbocycles. The summed E-state index contributed by atoms with van der Waals surface area (Å²) in [5.41, 5.74) is 7.83. The molecule has 4 heteroatoms. The summed E-state index contributed by atoms with van der Waals surface area (Å²) >= 11 is 0. The van der Waals surface area contributed by atoms with Crippen molar-refractivity contribution in [1.29, 1.82) is 0 Å². The average molecular weight is 220 g/mol. The van der Waals surface area contributed by atoms with Crippen LogP contribution in [0.5, 0.6) is 0 Å². The number of nitrogens with two attached hydrogens (primary N) is 1. The van der Waals surface area contributed by atoms with Crippen molar-refractivity contribution in [2.75, 3.05) is 25.4 Å². The fraction of sp³-hybridized carbons (Fsp3) is 0.417. The summed E-state index contributed by atoms with van der Waals surface area (Å²) in [5.74, 6) is 0.203. The fourth-order valence-electron chi connectivity index (χ4n) is 1.99. The summed E-state index contributed by atoms with van der Waals surface area (Å²) in [6.07, 6.45) is 0. The van der Waals surface area contributed by atoms with E-state index in [1.807, 2.05) is 19.1 Å². The van der Waals surface area contributed by atoms with E-state index < -0.39 is 0 Å². The molecule has 0 atom stereocenters. The number of aliphatic hydroxyl groups is 1. The molecule has 3 N–H and O–H groups in total. The van der Waals surface area contributed by atoms with Gasteiger partial charge < -0.3 is 15.7 Å². The minimum Gasteiger partial charge on any atom is -0.398 e. The van der Waals surface area contributed by atoms with Crippen LogP contribution in [0.25, 0.3) is 0 Å². The Morgan fingerprint density at radius 1 is 1.56 bits per heavy atom. The lowest BCUT2D eigenvalue weighted by molar-refractivity contribution is 0.0362. The van der Waals surface area contributed by atoms with E-state index in [0.29, 0.717) is 24.3 Å². The second-order valence-electron chi connectivity index (χ2n) is 4.30. The van der Waals surface area contributed by atoms with Gasteiger partial charge >= 0.3 is 0 Å². The Balaban J connectivity index is 2.16. The lowest BCUT2D eigenvalue weighted by atomic mass is 9.98. The molecule has 0 radical (unpaired) electrons. The number of aliphatic hydroxyl groups excluding tert-OH is 1. The van der Waals surface area contributed by atoms with Gasteiger partial charge in [0.05, 0.1) is 5.56 Å². The van der Waals surface area contributed by atoms with Gasteiger partial charge in [-0.1, -0.05) is 12.1 Å². The first-order chi connectivity index (χ1) is 7.63. The minimum absolute atomic E-state index is 0.0275. The van der Waals surface area contributed by atoms with Gasteiger partial charge in [0.1, 0.15) is 0 Å². The number of anilines is 1. The first-order valence-electron chi connectivity index (χ1n) is 5.38. The van der Waals surface area contributed by atoms with E-state index in [0.717, 1.165) is 5.56 Å². The molecule has 0 unspecified atom stereocenters. The van der Waals surface area contributed by atoms with Gasteiger partial charge in [0.2, 0.25) is 0 Å². The molecule has 86 valence electrons. The summed E-state index contributed by atoms with van der Waals surface area (Å²) in [5, 5.41) is 8.90. The number of likely N-dealkylation sites (tertiary alicyclic amines) is 1. The second kappa shape index (κ2) is 4.14. The third-order valence-corrected chi connectivity index (χ3v) is 3.02. The van der Waals surface area contributed by atoms with Crippen molar-refractivity contribution in [2.45, 2.75) is 6.92 Å². The van der Waals surface area contributed by atoms with Crippen molar-refractivity contribution in [3.63, 3.8) is 0 Å². The molecule has 0 saturated carbocycles. The first-order valence-corrected chi connectivity index (χ1v) is 5.38. The van der Waals surface area contributed by atoms with Crippen molar-refractivity contribution in [2.24, 2.45) is 5.92 Å². The quantitative estimate of drug-likeness (QED) is 0.719. The lowest BCUT2D eigenvalue weighted by Gasteiger charge is -2.38. The molecule has 1 aliphatic heterocycles. The largest absolute Gasteiger partial charge is 0.398 e. The van der Waals surface area contributed by atoms with Gasteiger partial charge in [-0.15, -0.1) is 0 Å². The van der Waals surface area contributed by atoms with Gasteiger partial charge in [-0.25, -0.2) is 0 Å². The number of aryl methyl sites for hydroxylation is 1. The van der Waals surface area contributed by atoms with Gasteiger partial charge in [-0.05, 0) is 18.6 Å². The minimum atomic E-state index is -0.0275. The molecule has 0 aromatic heterocycles. The van der Waals surface area contributed by atoms with Crippen LogP contribution in [0.15, 0.2) is 18.2 Å². The lowest BCUT2D eigenvalue weighted by Crippen LogP contribution is -2.51. The molecule has 16 heavy (non-hydrogen) atoms. The number of hydrogen-bond acceptors (Lipinski definition) is 3. The van der Waals surface area contributed by atoms with Crippen LogP contribution in [0.2, 0.25) is 0 Å². The third kappa shape index (κ3) is 1.76. The van der Waals surface area contributed by atoms with Crippen LogP contribution in [0.4, 0.5) is 5.69 Å². The first kappa shape index (κ1) is 11.0. The number of carbonyl (C=O) groups excluding carboxylic acids is 1. The average Bonchev–Trinajstić information content (AvgIpc) is 2.15. The molecule has 1 aromatic rings. The summed E-state index contributed by atoms with van der Waals surface area (Å²) < 4.78 is 0. The Morgan fingerprint density at radius 3 is 2.81 bits per heavy atom. The van der Waals surface area contributed by atoms with Gasteiger partial charge in [-0.2, -0.15) is 0 Å². The van der Waals surface area contributed by atoms with Gasteiger partial charge in [0.15, 0.2) is 0 Å². The van der Waals surface area contributed by atoms with Crippen LogP contribution in [-0.2, 0) is 0 Å². The predicted octanol–water partition coefficient (Wildman–Crippen LogP) is 0.642. The van der Waals surface area contributed by atoms with Crippen molar-refractivity contribution < 1.29 is 9.90 Å². The number of amides is 1. The van der Waals surface area contributed by atoms with Gasteiger partial charge in [-0.3, -0.25) is 4.79 Å². The topological polar surface area (TPSA) is 66.6 Å². The zero-order valence-electron chi connectivity index (χ0n) is 9.31. The predicted molar refractivity (Wildman–Crippen MR) is 62.1 cm³/mol. The highest BCUT2D eigenvalue weighted by molar-refractivity contribution is 6.00. The maximum absolute atomic E-state index is 12.1. The number of benzene rings is 1. The van der Waals surface area contributed by atoms with Crippen molar-refractivity contribution in [1.82, 2.24) is 4.90 Å². The fourth-order valence-corrected chi connectivity index (χ4v) is 1.99. The van der Waals surface area contributed by atoms with Crippen LogP contribution in [0.3, 0.4) is 0 Å². The van der Waals surface area contributed by atoms with Crippen molar-refractivity contribution in [3.05, 3.63) is 29.3 Å². The van der Waals surface area contributed by atoms with Crippen molar-refractivity contribution in [3.8, 4) is 0 Å². The monoisotopic (exact) mass is 220 g/mol. The number of hydrogen-bond donors (Lipinski definition) is 2. The molecule has 4 nitrogen and oxygen atoms in total. The van der Waals surface area contributed by atoms with E-state index >= 15 is 0 Å². The Hall–Kier alpha value is -1.55. The van der Waals surface area contributed by atoms with E-state index in [1.54, 1.807) is 11.0 Å². The van der Waals surface area contributed by atoms with Gasteiger partial charge in [0, 0.05) is 31.3 Å². The standard InChI is InChI=1S/C12H16N2O2/c1-8-3-2-4-10(13)11(8)12(16)14-5-9(6-14)7-15/h2-4,9,15H,5-7,13H2,1H3. The van der Waals surface area contributed by atoms with Crippen LogP contribution >= 0.6 is 0 Å². The molecule has 0 spiro atoms. The summed E-state index contributed by atoms with van der Waals surface area (Å²) in [6.45, 7) is 3.28. The zero-order chi connectivity index (χ0) is 11.7. The maximum Gasteiger partial charge on any atom is 0.256 e. The Labute approximate surface area is 94.7 Å². The van der Waals surface area contributed by atoms with E-state index in [-0.39, 0.29) is 18.4 Å². The molecular weight excluding hydrogens is 204 g/mol. The number of carbonyl (C=O) groups is 1. The molecule has 1 saturated heterocycles. The van der Waals surface area contributed by atoms with E-state index in [1.165, 1.54) is 0 Å². The Bertz CT molecular complexity index is 391. The summed E-state index contributed by atoms with van der Waals surface area (Å²) in [7, 11) is 0. The van der Waals surface area contributed by atoms with Crippen LogP contribution in [0, 0.1) is 12.8 Å². The van der Waals surface area contributed by atoms with Crippen molar-refractivity contribution >= 4 is 11.6 Å². The summed E-state index contributed by atoms with van der Waals surface area (Å²) in [6, 6.07) is 5.46. The molecule has 1 fully saturated rings. The number of nitrogen functional groups attached to an aromatic ring is 1. The third-order valence-electron chi connectivity index (χ3n) is 3.02. The normalized spacial score (nSPS) is 16.0. The Morgan fingerprint density at radius 2 is 2.25 bits per heavy atom. The smallest absolute Gasteiger partial charge is 0.256 e. The molecule has 1 heterocycles. The number of nitrogens with zero attached hydrogens (tertiary/aromatic N) is 1.